The fourth-order valence-corrected chi connectivity index (χ4v) is 1.98. The molecule has 1 aromatic rings. The number of aryl methyl sites for hydroxylation is 1. The van der Waals surface area contributed by atoms with E-state index in [0.717, 1.165) is 6.54 Å². The smallest absolute Gasteiger partial charge is 0.0239 e. The van der Waals surface area contributed by atoms with Crippen LogP contribution in [0.25, 0.3) is 0 Å². The summed E-state index contributed by atoms with van der Waals surface area (Å²) in [7, 11) is 0. The molecule has 1 rings (SSSR count). The second-order valence-corrected chi connectivity index (χ2v) is 4.85. The Morgan fingerprint density at radius 2 is 1.67 bits per heavy atom. The van der Waals surface area contributed by atoms with E-state index in [1.165, 1.54) is 11.1 Å². The summed E-state index contributed by atoms with van der Waals surface area (Å²) in [4.78, 5) is 2.51. The third-order valence-electron chi connectivity index (χ3n) is 2.77. The topological polar surface area (TPSA) is 3.24 Å². The van der Waals surface area contributed by atoms with Crippen molar-refractivity contribution in [3.8, 4) is 0 Å². The first-order chi connectivity index (χ1) is 7.00. The molecule has 0 aliphatic heterocycles. The SMILES string of the molecule is Cc1cccc(CN(C(C)C)C(C)C)c1. The molecule has 0 atom stereocenters. The van der Waals surface area contributed by atoms with Crippen LogP contribution in [0.1, 0.15) is 38.8 Å². The van der Waals surface area contributed by atoms with Crippen molar-refractivity contribution >= 4 is 0 Å². The molecule has 0 heterocycles. The van der Waals surface area contributed by atoms with E-state index in [-0.39, 0.29) is 0 Å². The van der Waals surface area contributed by atoms with Crippen molar-refractivity contribution < 1.29 is 0 Å². The average Bonchev–Trinajstić information content (AvgIpc) is 2.13. The lowest BCUT2D eigenvalue weighted by Gasteiger charge is -2.30. The second-order valence-electron chi connectivity index (χ2n) is 4.85. The minimum Gasteiger partial charge on any atom is -0.294 e. The molecule has 0 amide bonds. The summed E-state index contributed by atoms with van der Waals surface area (Å²) in [5.74, 6) is 0. The highest BCUT2D eigenvalue weighted by atomic mass is 15.2. The van der Waals surface area contributed by atoms with Crippen LogP contribution in [0.5, 0.6) is 0 Å². The largest absolute Gasteiger partial charge is 0.294 e. The maximum absolute atomic E-state index is 2.51. The highest BCUT2D eigenvalue weighted by Crippen LogP contribution is 2.12. The molecule has 0 bridgehead atoms. The lowest BCUT2D eigenvalue weighted by Crippen LogP contribution is -2.36. The maximum atomic E-state index is 2.51. The van der Waals surface area contributed by atoms with E-state index < -0.39 is 0 Å². The Labute approximate surface area is 94.1 Å². The van der Waals surface area contributed by atoms with Gasteiger partial charge in [-0.1, -0.05) is 29.8 Å². The van der Waals surface area contributed by atoms with Gasteiger partial charge in [-0.25, -0.2) is 0 Å². The van der Waals surface area contributed by atoms with E-state index in [9.17, 15) is 0 Å². The number of hydrogen-bond donors (Lipinski definition) is 0. The zero-order chi connectivity index (χ0) is 11.4. The van der Waals surface area contributed by atoms with Crippen molar-refractivity contribution in [3.63, 3.8) is 0 Å². The van der Waals surface area contributed by atoms with Crippen LogP contribution >= 0.6 is 0 Å². The predicted octanol–water partition coefficient (Wildman–Crippen LogP) is 3.61. The van der Waals surface area contributed by atoms with Gasteiger partial charge >= 0.3 is 0 Å². The fourth-order valence-electron chi connectivity index (χ4n) is 1.98. The first-order valence-electron chi connectivity index (χ1n) is 5.82. The quantitative estimate of drug-likeness (QED) is 0.725. The lowest BCUT2D eigenvalue weighted by atomic mass is 10.1. The molecule has 0 fully saturated rings. The van der Waals surface area contributed by atoms with Crippen molar-refractivity contribution in [2.75, 3.05) is 0 Å². The molecule has 0 radical (unpaired) electrons. The summed E-state index contributed by atoms with van der Waals surface area (Å²) >= 11 is 0. The molecule has 0 saturated carbocycles. The van der Waals surface area contributed by atoms with Gasteiger partial charge in [-0.15, -0.1) is 0 Å². The molecule has 0 aliphatic carbocycles. The van der Waals surface area contributed by atoms with Gasteiger partial charge in [0.05, 0.1) is 0 Å². The molecule has 1 aromatic carbocycles. The molecular formula is C14H23N. The Bertz CT molecular complexity index is 294. The van der Waals surface area contributed by atoms with Gasteiger partial charge in [0.15, 0.2) is 0 Å². The van der Waals surface area contributed by atoms with Gasteiger partial charge in [0.2, 0.25) is 0 Å². The summed E-state index contributed by atoms with van der Waals surface area (Å²) in [5.41, 5.74) is 2.76. The van der Waals surface area contributed by atoms with Gasteiger partial charge in [-0.3, -0.25) is 4.90 Å². The van der Waals surface area contributed by atoms with Crippen molar-refractivity contribution in [2.45, 2.75) is 53.2 Å². The Morgan fingerprint density at radius 1 is 1.07 bits per heavy atom. The summed E-state index contributed by atoms with van der Waals surface area (Å²) in [5, 5.41) is 0. The van der Waals surface area contributed by atoms with Crippen molar-refractivity contribution in [1.29, 1.82) is 0 Å². The van der Waals surface area contributed by atoms with E-state index in [2.05, 4.69) is 63.8 Å². The maximum Gasteiger partial charge on any atom is 0.0239 e. The first-order valence-corrected chi connectivity index (χ1v) is 5.82. The average molecular weight is 205 g/mol. The molecule has 0 saturated heterocycles. The fraction of sp³-hybridized carbons (Fsp3) is 0.571. The molecule has 1 heteroatoms. The van der Waals surface area contributed by atoms with Gasteiger partial charge in [-0.05, 0) is 40.2 Å². The Kier molecular flexibility index (Phi) is 4.34. The first kappa shape index (κ1) is 12.3. The number of nitrogens with zero attached hydrogens (tertiary/aromatic N) is 1. The molecule has 0 N–H and O–H groups in total. The van der Waals surface area contributed by atoms with Gasteiger partial charge in [-0.2, -0.15) is 0 Å². The highest BCUT2D eigenvalue weighted by Gasteiger charge is 2.13. The van der Waals surface area contributed by atoms with E-state index in [1.807, 2.05) is 0 Å². The van der Waals surface area contributed by atoms with E-state index in [4.69, 9.17) is 0 Å². The molecule has 1 nitrogen and oxygen atoms in total. The zero-order valence-electron chi connectivity index (χ0n) is 10.6. The van der Waals surface area contributed by atoms with Crippen LogP contribution in [0.2, 0.25) is 0 Å². The molecule has 0 spiro atoms. The van der Waals surface area contributed by atoms with Gasteiger partial charge in [0, 0.05) is 18.6 Å². The zero-order valence-corrected chi connectivity index (χ0v) is 10.6. The van der Waals surface area contributed by atoms with E-state index in [1.54, 1.807) is 0 Å². The Hall–Kier alpha value is -0.820. The summed E-state index contributed by atoms with van der Waals surface area (Å²) < 4.78 is 0. The van der Waals surface area contributed by atoms with Crippen LogP contribution in [-0.4, -0.2) is 17.0 Å². The van der Waals surface area contributed by atoms with Gasteiger partial charge < -0.3 is 0 Å². The van der Waals surface area contributed by atoms with Gasteiger partial charge in [0.1, 0.15) is 0 Å². The number of rotatable bonds is 4. The summed E-state index contributed by atoms with van der Waals surface area (Å²) in [6.07, 6.45) is 0. The van der Waals surface area contributed by atoms with Crippen molar-refractivity contribution in [3.05, 3.63) is 35.4 Å². The molecular weight excluding hydrogens is 182 g/mol. The lowest BCUT2D eigenvalue weighted by molar-refractivity contribution is 0.166. The standard InChI is InChI=1S/C14H23N/c1-11(2)15(12(3)4)10-14-8-6-7-13(5)9-14/h6-9,11-12H,10H2,1-5H3. The second kappa shape index (κ2) is 5.32. The van der Waals surface area contributed by atoms with Crippen LogP contribution in [0, 0.1) is 6.92 Å². The van der Waals surface area contributed by atoms with Crippen molar-refractivity contribution in [2.24, 2.45) is 0 Å². The Balaban J connectivity index is 2.74. The minimum absolute atomic E-state index is 0.602. The van der Waals surface area contributed by atoms with Crippen LogP contribution in [0.3, 0.4) is 0 Å². The van der Waals surface area contributed by atoms with Crippen LogP contribution in [0.4, 0.5) is 0 Å². The molecule has 15 heavy (non-hydrogen) atoms. The molecule has 0 aliphatic rings. The number of benzene rings is 1. The Morgan fingerprint density at radius 3 is 2.13 bits per heavy atom. The predicted molar refractivity (Wildman–Crippen MR) is 67.0 cm³/mol. The van der Waals surface area contributed by atoms with Crippen LogP contribution in [-0.2, 0) is 6.54 Å². The minimum atomic E-state index is 0.602. The number of hydrogen-bond acceptors (Lipinski definition) is 1. The third-order valence-corrected chi connectivity index (χ3v) is 2.77. The summed E-state index contributed by atoms with van der Waals surface area (Å²) in [6, 6.07) is 9.99. The monoisotopic (exact) mass is 205 g/mol. The third kappa shape index (κ3) is 3.67. The van der Waals surface area contributed by atoms with E-state index >= 15 is 0 Å². The van der Waals surface area contributed by atoms with Gasteiger partial charge in [0.25, 0.3) is 0 Å². The summed E-state index contributed by atoms with van der Waals surface area (Å²) in [6.45, 7) is 12.2. The highest BCUT2D eigenvalue weighted by molar-refractivity contribution is 5.22. The van der Waals surface area contributed by atoms with Crippen LogP contribution < -0.4 is 0 Å². The normalized spacial score (nSPS) is 11.7. The van der Waals surface area contributed by atoms with Crippen LogP contribution in [0.15, 0.2) is 24.3 Å². The molecule has 0 unspecified atom stereocenters. The molecule has 0 aromatic heterocycles. The van der Waals surface area contributed by atoms with Crippen molar-refractivity contribution in [1.82, 2.24) is 4.90 Å². The molecule has 84 valence electrons. The van der Waals surface area contributed by atoms with E-state index in [0.29, 0.717) is 12.1 Å².